The topological polar surface area (TPSA) is 54.7 Å². The number of benzene rings is 6. The van der Waals surface area contributed by atoms with Gasteiger partial charge in [0.15, 0.2) is 0 Å². The van der Waals surface area contributed by atoms with Gasteiger partial charge in [0.25, 0.3) is 0 Å². The van der Waals surface area contributed by atoms with Gasteiger partial charge in [-0.2, -0.15) is 0 Å². The minimum atomic E-state index is 0.837. The summed E-state index contributed by atoms with van der Waals surface area (Å²) >= 11 is 0. The van der Waals surface area contributed by atoms with Crippen molar-refractivity contribution in [1.29, 1.82) is 0 Å². The monoisotopic (exact) mass is 639 g/mol. The molecule has 0 saturated carbocycles. The van der Waals surface area contributed by atoms with Gasteiger partial charge in [0.1, 0.15) is 11.2 Å². The molecule has 4 heteroatoms. The highest BCUT2D eigenvalue weighted by molar-refractivity contribution is 6.19. The van der Waals surface area contributed by atoms with Crippen molar-refractivity contribution in [2.75, 3.05) is 0 Å². The second-order valence-corrected chi connectivity index (χ2v) is 12.7. The van der Waals surface area contributed by atoms with E-state index in [0.29, 0.717) is 0 Å². The molecule has 0 radical (unpaired) electrons. The fraction of sp³-hybridized carbons (Fsp3) is 0. The van der Waals surface area contributed by atoms with Gasteiger partial charge < -0.3 is 9.40 Å². The molecule has 1 N–H and O–H groups in total. The van der Waals surface area contributed by atoms with Crippen LogP contribution in [0, 0.1) is 0 Å². The van der Waals surface area contributed by atoms with Crippen LogP contribution in [0.25, 0.3) is 99.6 Å². The molecule has 6 aromatic carbocycles. The van der Waals surface area contributed by atoms with Gasteiger partial charge in [-0.3, -0.25) is 4.98 Å². The van der Waals surface area contributed by atoms with E-state index in [0.717, 1.165) is 77.7 Å². The molecule has 4 nitrogen and oxygen atoms in total. The molecule has 0 unspecified atom stereocenters. The van der Waals surface area contributed by atoms with E-state index in [9.17, 15) is 0 Å². The molecule has 0 aliphatic heterocycles. The predicted octanol–water partition coefficient (Wildman–Crippen LogP) is 12.3. The molecule has 0 bridgehead atoms. The van der Waals surface area contributed by atoms with E-state index in [1.54, 1.807) is 6.20 Å². The molecule has 10 aromatic rings. The van der Waals surface area contributed by atoms with Crippen LogP contribution in [0.3, 0.4) is 0 Å². The minimum Gasteiger partial charge on any atom is -0.455 e. The summed E-state index contributed by atoms with van der Waals surface area (Å²) in [6.07, 6.45) is 3.73. The van der Waals surface area contributed by atoms with Crippen LogP contribution in [0.5, 0.6) is 0 Å². The Bertz CT molecular complexity index is 2850. The van der Waals surface area contributed by atoms with E-state index in [1.165, 1.54) is 21.9 Å². The van der Waals surface area contributed by atoms with E-state index < -0.39 is 0 Å². The average molecular weight is 640 g/mol. The third-order valence-electron chi connectivity index (χ3n) is 9.72. The minimum absolute atomic E-state index is 0.837. The van der Waals surface area contributed by atoms with Crippen LogP contribution in [-0.2, 0) is 0 Å². The van der Waals surface area contributed by atoms with Crippen molar-refractivity contribution in [3.05, 3.63) is 170 Å². The number of nitrogens with one attached hydrogen (secondary N) is 1. The van der Waals surface area contributed by atoms with Crippen molar-refractivity contribution in [3.8, 4) is 56.2 Å². The Labute approximate surface area is 288 Å². The Balaban J connectivity index is 1.08. The third-order valence-corrected chi connectivity index (χ3v) is 9.72. The summed E-state index contributed by atoms with van der Waals surface area (Å²) < 4.78 is 6.66. The largest absolute Gasteiger partial charge is 0.455 e. The summed E-state index contributed by atoms with van der Waals surface area (Å²) in [5.41, 5.74) is 12.2. The number of hydrogen-bond acceptors (Lipinski definition) is 3. The molecule has 0 atom stereocenters. The zero-order valence-corrected chi connectivity index (χ0v) is 27.0. The van der Waals surface area contributed by atoms with Gasteiger partial charge in [-0.1, -0.05) is 97.1 Å². The van der Waals surface area contributed by atoms with Crippen LogP contribution < -0.4 is 0 Å². The van der Waals surface area contributed by atoms with Gasteiger partial charge in [0, 0.05) is 28.6 Å². The van der Waals surface area contributed by atoms with E-state index in [4.69, 9.17) is 9.40 Å². The third kappa shape index (κ3) is 4.77. The quantitative estimate of drug-likeness (QED) is 0.204. The van der Waals surface area contributed by atoms with Crippen molar-refractivity contribution < 1.29 is 4.42 Å². The lowest BCUT2D eigenvalue weighted by Crippen LogP contribution is -1.93. The summed E-state index contributed by atoms with van der Waals surface area (Å²) in [5.74, 6) is 0. The first-order valence-corrected chi connectivity index (χ1v) is 16.8. The maximum absolute atomic E-state index is 6.66. The normalized spacial score (nSPS) is 11.6. The highest BCUT2D eigenvalue weighted by Gasteiger charge is 2.16. The molecule has 0 spiro atoms. The summed E-state index contributed by atoms with van der Waals surface area (Å²) in [7, 11) is 0. The van der Waals surface area contributed by atoms with Gasteiger partial charge in [0.2, 0.25) is 0 Å². The number of fused-ring (bicyclic) bond motifs is 6. The molecule has 234 valence electrons. The average Bonchev–Trinajstić information content (AvgIpc) is 3.87. The first-order chi connectivity index (χ1) is 24.7. The van der Waals surface area contributed by atoms with Gasteiger partial charge >= 0.3 is 0 Å². The van der Waals surface area contributed by atoms with Crippen LogP contribution in [0.15, 0.2) is 175 Å². The predicted molar refractivity (Wildman–Crippen MR) is 206 cm³/mol. The Morgan fingerprint density at radius 2 is 1.18 bits per heavy atom. The number of H-pyrrole nitrogens is 1. The zero-order valence-electron chi connectivity index (χ0n) is 27.0. The molecule has 4 heterocycles. The zero-order chi connectivity index (χ0) is 33.0. The second-order valence-electron chi connectivity index (χ2n) is 12.7. The fourth-order valence-electron chi connectivity index (χ4n) is 7.20. The summed E-state index contributed by atoms with van der Waals surface area (Å²) in [4.78, 5) is 12.8. The fourth-order valence-corrected chi connectivity index (χ4v) is 7.20. The Morgan fingerprint density at radius 1 is 0.440 bits per heavy atom. The maximum atomic E-state index is 6.66. The van der Waals surface area contributed by atoms with E-state index in [-0.39, 0.29) is 0 Å². The molecule has 0 fully saturated rings. The van der Waals surface area contributed by atoms with E-state index >= 15 is 0 Å². The van der Waals surface area contributed by atoms with Crippen LogP contribution in [0.1, 0.15) is 0 Å². The number of aromatic nitrogens is 3. The number of hydrogen-bond donors (Lipinski definition) is 1. The number of nitrogens with zero attached hydrogens (tertiary/aromatic N) is 2. The molecule has 0 aliphatic rings. The first kappa shape index (κ1) is 28.3. The van der Waals surface area contributed by atoms with Gasteiger partial charge in [-0.05, 0) is 110 Å². The van der Waals surface area contributed by atoms with Crippen molar-refractivity contribution in [2.24, 2.45) is 0 Å². The van der Waals surface area contributed by atoms with Crippen LogP contribution in [0.4, 0.5) is 0 Å². The summed E-state index contributed by atoms with van der Waals surface area (Å²) in [6.45, 7) is 0. The number of aromatic amines is 1. The highest BCUT2D eigenvalue weighted by atomic mass is 16.3. The second kappa shape index (κ2) is 11.4. The van der Waals surface area contributed by atoms with Crippen molar-refractivity contribution in [3.63, 3.8) is 0 Å². The molecule has 4 aromatic heterocycles. The molecule has 10 rings (SSSR count). The highest BCUT2D eigenvalue weighted by Crippen LogP contribution is 2.41. The molecule has 0 saturated heterocycles. The van der Waals surface area contributed by atoms with Crippen LogP contribution in [0.2, 0.25) is 0 Å². The van der Waals surface area contributed by atoms with Gasteiger partial charge in [0.05, 0.1) is 22.8 Å². The van der Waals surface area contributed by atoms with Gasteiger partial charge in [-0.15, -0.1) is 0 Å². The Kier molecular flexibility index (Phi) is 6.46. The molecule has 0 amide bonds. The number of pyridine rings is 2. The lowest BCUT2D eigenvalue weighted by atomic mass is 9.93. The first-order valence-electron chi connectivity index (χ1n) is 16.8. The van der Waals surface area contributed by atoms with Crippen molar-refractivity contribution >= 4 is 43.5 Å². The number of rotatable bonds is 5. The molecular formula is C46H29N3O. The number of furan rings is 1. The molecule has 50 heavy (non-hydrogen) atoms. The van der Waals surface area contributed by atoms with Crippen LogP contribution in [-0.4, -0.2) is 15.0 Å². The Hall–Kier alpha value is -6.78. The Morgan fingerprint density at radius 3 is 2.02 bits per heavy atom. The van der Waals surface area contributed by atoms with E-state index in [2.05, 4.69) is 137 Å². The van der Waals surface area contributed by atoms with E-state index in [1.807, 2.05) is 36.5 Å². The lowest BCUT2D eigenvalue weighted by Gasteiger charge is -2.11. The summed E-state index contributed by atoms with van der Waals surface area (Å²) in [5, 5.41) is 6.98. The smallest absolute Gasteiger partial charge is 0.143 e. The van der Waals surface area contributed by atoms with Crippen molar-refractivity contribution in [1.82, 2.24) is 15.0 Å². The van der Waals surface area contributed by atoms with Crippen LogP contribution >= 0.6 is 0 Å². The van der Waals surface area contributed by atoms with Crippen molar-refractivity contribution in [2.45, 2.75) is 0 Å². The summed E-state index contributed by atoms with van der Waals surface area (Å²) in [6, 6.07) is 55.6. The van der Waals surface area contributed by atoms with Gasteiger partial charge in [-0.25, -0.2) is 4.98 Å². The molecular weight excluding hydrogens is 611 g/mol. The standard InChI is InChI=1S/C46H29N3O/c1-2-9-32-24-33(19-16-29(32)8-1)34-20-21-37-40-28-39(36-10-3-4-11-38(36)46(40)50-45(37)27-34)31-17-14-30(15-18-31)35-25-43(41-12-5-6-22-47-41)49-44(26-35)42-13-7-23-48-42/h1-28,48H. The molecule has 0 aliphatic carbocycles. The maximum Gasteiger partial charge on any atom is 0.143 e. The SMILES string of the molecule is c1ccc(-c2cc(-c3ccc(-c4cc5c6ccc(-c7ccc8ccccc8c7)cc6oc5c5ccccc45)cc3)cc(-c3ccc[nH]3)n2)nc1. The lowest BCUT2D eigenvalue weighted by molar-refractivity contribution is 0.673.